The van der Waals surface area contributed by atoms with Gasteiger partial charge >= 0.3 is 0 Å². The Morgan fingerprint density at radius 1 is 1.21 bits per heavy atom. The van der Waals surface area contributed by atoms with Gasteiger partial charge in [-0.2, -0.15) is 0 Å². The number of rotatable bonds is 5. The summed E-state index contributed by atoms with van der Waals surface area (Å²) in [5, 5.41) is 11.8. The largest absolute Gasteiger partial charge is 0.392 e. The predicted octanol–water partition coefficient (Wildman–Crippen LogP) is 2.15. The molecule has 0 aliphatic rings. The Kier molecular flexibility index (Phi) is 4.64. The lowest BCUT2D eigenvalue weighted by molar-refractivity contribution is -0.116. The number of anilines is 1. The number of carbonyl (C=O) groups excluding carboxylic acids is 1. The van der Waals surface area contributed by atoms with E-state index in [1.165, 1.54) is 0 Å². The molecule has 0 aliphatic carbocycles. The minimum Gasteiger partial charge on any atom is -0.392 e. The number of aromatic nitrogens is 1. The Labute approximate surface area is 112 Å². The Morgan fingerprint density at radius 3 is 2.84 bits per heavy atom. The minimum absolute atomic E-state index is 0.0301. The average Bonchev–Trinajstić information content (AvgIpc) is 2.46. The normalized spacial score (nSPS) is 10.2. The summed E-state index contributed by atoms with van der Waals surface area (Å²) in [6.07, 6.45) is 2.73. The number of hydrogen-bond donors (Lipinski definition) is 2. The number of nitrogens with one attached hydrogen (secondary N) is 1. The van der Waals surface area contributed by atoms with Gasteiger partial charge in [-0.25, -0.2) is 0 Å². The van der Waals surface area contributed by atoms with Crippen LogP contribution in [0.3, 0.4) is 0 Å². The van der Waals surface area contributed by atoms with Crippen LogP contribution in [0.1, 0.15) is 17.7 Å². The molecule has 0 bridgehead atoms. The van der Waals surface area contributed by atoms with Gasteiger partial charge in [0.2, 0.25) is 5.91 Å². The van der Waals surface area contributed by atoms with E-state index >= 15 is 0 Å². The Bertz CT molecular complexity index is 541. The zero-order valence-electron chi connectivity index (χ0n) is 10.5. The summed E-state index contributed by atoms with van der Waals surface area (Å²) in [6.45, 7) is -0.0301. The summed E-state index contributed by atoms with van der Waals surface area (Å²) in [5.41, 5.74) is 2.39. The van der Waals surface area contributed by atoms with Crippen molar-refractivity contribution in [2.45, 2.75) is 19.4 Å². The Morgan fingerprint density at radius 2 is 2.11 bits per heavy atom. The van der Waals surface area contributed by atoms with Crippen LogP contribution in [-0.4, -0.2) is 16.0 Å². The zero-order valence-corrected chi connectivity index (χ0v) is 10.5. The van der Waals surface area contributed by atoms with E-state index in [-0.39, 0.29) is 12.5 Å². The highest BCUT2D eigenvalue weighted by molar-refractivity contribution is 5.90. The quantitative estimate of drug-likeness (QED) is 0.861. The lowest BCUT2D eigenvalue weighted by Crippen LogP contribution is -2.12. The molecule has 4 heteroatoms. The van der Waals surface area contributed by atoms with Crippen molar-refractivity contribution >= 4 is 11.6 Å². The second-order valence-electron chi connectivity index (χ2n) is 4.23. The number of aliphatic hydroxyl groups is 1. The third kappa shape index (κ3) is 4.19. The van der Waals surface area contributed by atoms with E-state index < -0.39 is 0 Å². The molecule has 2 aromatic rings. The molecule has 0 spiro atoms. The molecule has 0 fully saturated rings. The van der Waals surface area contributed by atoms with Gasteiger partial charge in [-0.3, -0.25) is 9.78 Å². The maximum atomic E-state index is 11.8. The molecular weight excluding hydrogens is 240 g/mol. The molecule has 1 aromatic carbocycles. The van der Waals surface area contributed by atoms with Gasteiger partial charge in [0, 0.05) is 24.0 Å². The molecule has 1 amide bonds. The summed E-state index contributed by atoms with van der Waals surface area (Å²) in [5.74, 6) is -0.0549. The fraction of sp³-hybridized carbons (Fsp3) is 0.200. The van der Waals surface area contributed by atoms with E-state index in [1.54, 1.807) is 24.4 Å². The van der Waals surface area contributed by atoms with Crippen LogP contribution >= 0.6 is 0 Å². The van der Waals surface area contributed by atoms with Crippen LogP contribution in [0.15, 0.2) is 48.7 Å². The first-order valence-corrected chi connectivity index (χ1v) is 6.17. The van der Waals surface area contributed by atoms with E-state index in [1.807, 2.05) is 24.3 Å². The van der Waals surface area contributed by atoms with E-state index in [0.717, 1.165) is 11.3 Å². The van der Waals surface area contributed by atoms with Crippen LogP contribution in [0.2, 0.25) is 0 Å². The van der Waals surface area contributed by atoms with Crippen molar-refractivity contribution in [3.8, 4) is 0 Å². The van der Waals surface area contributed by atoms with E-state index in [4.69, 9.17) is 5.11 Å². The zero-order chi connectivity index (χ0) is 13.5. The van der Waals surface area contributed by atoms with Crippen molar-refractivity contribution < 1.29 is 9.90 Å². The third-order valence-corrected chi connectivity index (χ3v) is 2.73. The summed E-state index contributed by atoms with van der Waals surface area (Å²) < 4.78 is 0. The first-order chi connectivity index (χ1) is 9.28. The first kappa shape index (κ1) is 13.2. The number of nitrogens with zero attached hydrogens (tertiary/aromatic N) is 1. The maximum absolute atomic E-state index is 11.8. The minimum atomic E-state index is -0.0549. The van der Waals surface area contributed by atoms with Gasteiger partial charge in [0.15, 0.2) is 0 Å². The molecule has 2 rings (SSSR count). The van der Waals surface area contributed by atoms with Crippen LogP contribution in [0, 0.1) is 0 Å². The second-order valence-corrected chi connectivity index (χ2v) is 4.23. The SMILES string of the molecule is O=C(CCc1ccccn1)Nc1cccc(CO)c1. The number of amides is 1. The molecule has 0 aliphatic heterocycles. The van der Waals surface area contributed by atoms with Gasteiger partial charge in [-0.1, -0.05) is 18.2 Å². The first-order valence-electron chi connectivity index (χ1n) is 6.17. The van der Waals surface area contributed by atoms with Crippen molar-refractivity contribution in [1.82, 2.24) is 4.98 Å². The fourth-order valence-corrected chi connectivity index (χ4v) is 1.76. The van der Waals surface area contributed by atoms with Gasteiger partial charge in [0.1, 0.15) is 0 Å². The molecule has 2 N–H and O–H groups in total. The van der Waals surface area contributed by atoms with Gasteiger partial charge in [-0.05, 0) is 36.2 Å². The summed E-state index contributed by atoms with van der Waals surface area (Å²) in [4.78, 5) is 16.0. The van der Waals surface area contributed by atoms with E-state index in [9.17, 15) is 4.79 Å². The Hall–Kier alpha value is -2.20. The number of carbonyl (C=O) groups is 1. The second kappa shape index (κ2) is 6.66. The van der Waals surface area contributed by atoms with Crippen LogP contribution in [0.25, 0.3) is 0 Å². The predicted molar refractivity (Wildman–Crippen MR) is 73.6 cm³/mol. The molecule has 0 radical (unpaired) electrons. The molecule has 0 saturated carbocycles. The molecule has 4 nitrogen and oxygen atoms in total. The van der Waals surface area contributed by atoms with Crippen LogP contribution in [0.4, 0.5) is 5.69 Å². The fourth-order valence-electron chi connectivity index (χ4n) is 1.76. The van der Waals surface area contributed by atoms with Crippen LogP contribution < -0.4 is 5.32 Å². The standard InChI is InChI=1S/C15H16N2O2/c18-11-12-4-3-6-14(10-12)17-15(19)8-7-13-5-1-2-9-16-13/h1-6,9-10,18H,7-8,11H2,(H,17,19). The topological polar surface area (TPSA) is 62.2 Å². The third-order valence-electron chi connectivity index (χ3n) is 2.73. The maximum Gasteiger partial charge on any atom is 0.224 e. The van der Waals surface area contributed by atoms with Gasteiger partial charge in [-0.15, -0.1) is 0 Å². The number of hydrogen-bond acceptors (Lipinski definition) is 3. The molecular formula is C15H16N2O2. The van der Waals surface area contributed by atoms with E-state index in [2.05, 4.69) is 10.3 Å². The summed E-state index contributed by atoms with van der Waals surface area (Å²) in [6, 6.07) is 12.8. The van der Waals surface area contributed by atoms with Crippen molar-refractivity contribution in [3.05, 3.63) is 59.9 Å². The average molecular weight is 256 g/mol. The monoisotopic (exact) mass is 256 g/mol. The van der Waals surface area contributed by atoms with Gasteiger partial charge < -0.3 is 10.4 Å². The lowest BCUT2D eigenvalue weighted by Gasteiger charge is -2.06. The molecule has 0 atom stereocenters. The summed E-state index contributed by atoms with van der Waals surface area (Å²) >= 11 is 0. The lowest BCUT2D eigenvalue weighted by atomic mass is 10.2. The molecule has 0 saturated heterocycles. The van der Waals surface area contributed by atoms with Crippen molar-refractivity contribution in [2.24, 2.45) is 0 Å². The van der Waals surface area contributed by atoms with Gasteiger partial charge in [0.25, 0.3) is 0 Å². The molecule has 1 aromatic heterocycles. The summed E-state index contributed by atoms with van der Waals surface area (Å²) in [7, 11) is 0. The number of aryl methyl sites for hydroxylation is 1. The molecule has 19 heavy (non-hydrogen) atoms. The number of benzene rings is 1. The van der Waals surface area contributed by atoms with Crippen LogP contribution in [0.5, 0.6) is 0 Å². The Balaban J connectivity index is 1.87. The molecule has 98 valence electrons. The molecule has 0 unspecified atom stereocenters. The van der Waals surface area contributed by atoms with Crippen molar-refractivity contribution in [1.29, 1.82) is 0 Å². The highest BCUT2D eigenvalue weighted by Crippen LogP contribution is 2.11. The van der Waals surface area contributed by atoms with E-state index in [0.29, 0.717) is 18.5 Å². The smallest absolute Gasteiger partial charge is 0.224 e. The van der Waals surface area contributed by atoms with Gasteiger partial charge in [0.05, 0.1) is 6.61 Å². The number of aliphatic hydroxyl groups excluding tert-OH is 1. The van der Waals surface area contributed by atoms with Crippen LogP contribution in [-0.2, 0) is 17.8 Å². The highest BCUT2D eigenvalue weighted by atomic mass is 16.3. The van der Waals surface area contributed by atoms with Crippen molar-refractivity contribution in [3.63, 3.8) is 0 Å². The van der Waals surface area contributed by atoms with Crippen molar-refractivity contribution in [2.75, 3.05) is 5.32 Å². The number of pyridine rings is 1. The highest BCUT2D eigenvalue weighted by Gasteiger charge is 2.04. The molecule has 1 heterocycles.